The fourth-order valence-electron chi connectivity index (χ4n) is 1.44. The number of carbonyl (C=O) groups is 1. The SMILES string of the molecule is CC(=O)C(Br)C(C)c1c(Br)cccc1Br. The molecule has 0 aliphatic carbocycles. The Balaban J connectivity index is 3.10. The number of carbonyl (C=O) groups excluding carboxylic acids is 1. The highest BCUT2D eigenvalue weighted by atomic mass is 79.9. The standard InChI is InChI=1S/C11H11Br3O/c1-6(11(14)7(2)15)10-8(12)4-3-5-9(10)13/h3-6,11H,1-2H3. The molecule has 0 radical (unpaired) electrons. The van der Waals surface area contributed by atoms with Crippen LogP contribution in [0.1, 0.15) is 25.3 Å². The summed E-state index contributed by atoms with van der Waals surface area (Å²) in [5.41, 5.74) is 1.12. The van der Waals surface area contributed by atoms with E-state index in [0.29, 0.717) is 0 Å². The molecule has 1 rings (SSSR count). The van der Waals surface area contributed by atoms with Crippen molar-refractivity contribution in [2.75, 3.05) is 0 Å². The summed E-state index contributed by atoms with van der Waals surface area (Å²) in [6, 6.07) is 5.92. The van der Waals surface area contributed by atoms with Gasteiger partial charge in [-0.3, -0.25) is 4.79 Å². The molecule has 0 N–H and O–H groups in total. The molecule has 1 nitrogen and oxygen atoms in total. The van der Waals surface area contributed by atoms with Crippen molar-refractivity contribution in [3.8, 4) is 0 Å². The van der Waals surface area contributed by atoms with Crippen LogP contribution in [0.2, 0.25) is 0 Å². The summed E-state index contributed by atoms with van der Waals surface area (Å²) < 4.78 is 2.05. The number of rotatable bonds is 3. The highest BCUT2D eigenvalue weighted by molar-refractivity contribution is 9.11. The van der Waals surface area contributed by atoms with Crippen LogP contribution < -0.4 is 0 Å². The quantitative estimate of drug-likeness (QED) is 0.676. The summed E-state index contributed by atoms with van der Waals surface area (Å²) in [5.74, 6) is 0.276. The fraction of sp³-hybridized carbons (Fsp3) is 0.364. The molecule has 1 aromatic carbocycles. The largest absolute Gasteiger partial charge is 0.299 e. The number of Topliss-reactive ketones (excluding diaryl/α,β-unsaturated/α-hetero) is 1. The predicted molar refractivity (Wildman–Crippen MR) is 73.7 cm³/mol. The minimum atomic E-state index is -0.146. The zero-order chi connectivity index (χ0) is 11.6. The Morgan fingerprint density at radius 3 is 2.13 bits per heavy atom. The van der Waals surface area contributed by atoms with Crippen molar-refractivity contribution in [3.05, 3.63) is 32.7 Å². The van der Waals surface area contributed by atoms with Gasteiger partial charge in [0.1, 0.15) is 5.78 Å². The molecule has 15 heavy (non-hydrogen) atoms. The van der Waals surface area contributed by atoms with Gasteiger partial charge in [0.15, 0.2) is 0 Å². The van der Waals surface area contributed by atoms with Gasteiger partial charge in [-0.25, -0.2) is 0 Å². The van der Waals surface area contributed by atoms with E-state index in [1.807, 2.05) is 25.1 Å². The highest BCUT2D eigenvalue weighted by Crippen LogP contribution is 2.36. The summed E-state index contributed by atoms with van der Waals surface area (Å²) in [6.45, 7) is 3.63. The van der Waals surface area contributed by atoms with Crippen LogP contribution in [-0.2, 0) is 4.79 Å². The number of halogens is 3. The second-order valence-electron chi connectivity index (χ2n) is 3.44. The van der Waals surface area contributed by atoms with Crippen LogP contribution in [0.25, 0.3) is 0 Å². The van der Waals surface area contributed by atoms with Gasteiger partial charge in [0.25, 0.3) is 0 Å². The van der Waals surface area contributed by atoms with Crippen LogP contribution in [0.4, 0.5) is 0 Å². The average Bonchev–Trinajstić information content (AvgIpc) is 2.15. The highest BCUT2D eigenvalue weighted by Gasteiger charge is 2.23. The van der Waals surface area contributed by atoms with Crippen molar-refractivity contribution in [3.63, 3.8) is 0 Å². The second kappa shape index (κ2) is 5.60. The van der Waals surface area contributed by atoms with E-state index in [0.717, 1.165) is 14.5 Å². The minimum Gasteiger partial charge on any atom is -0.299 e. The number of ketones is 1. The van der Waals surface area contributed by atoms with E-state index in [4.69, 9.17) is 0 Å². The third-order valence-electron chi connectivity index (χ3n) is 2.28. The molecule has 2 unspecified atom stereocenters. The lowest BCUT2D eigenvalue weighted by molar-refractivity contribution is -0.116. The van der Waals surface area contributed by atoms with E-state index in [9.17, 15) is 4.79 Å². The Morgan fingerprint density at radius 2 is 1.73 bits per heavy atom. The van der Waals surface area contributed by atoms with Crippen molar-refractivity contribution >= 4 is 53.6 Å². The molecule has 0 heterocycles. The first-order chi connectivity index (χ1) is 6.95. The molecular weight excluding hydrogens is 388 g/mol. The van der Waals surface area contributed by atoms with Crippen molar-refractivity contribution in [1.82, 2.24) is 0 Å². The summed E-state index contributed by atoms with van der Waals surface area (Å²) in [4.78, 5) is 11.2. The minimum absolute atomic E-state index is 0.132. The van der Waals surface area contributed by atoms with E-state index in [-0.39, 0.29) is 16.5 Å². The fourth-order valence-corrected chi connectivity index (χ4v) is 3.43. The maximum absolute atomic E-state index is 11.3. The maximum Gasteiger partial charge on any atom is 0.144 e. The third kappa shape index (κ3) is 3.14. The molecule has 0 amide bonds. The number of alkyl halides is 1. The monoisotopic (exact) mass is 396 g/mol. The zero-order valence-electron chi connectivity index (χ0n) is 8.43. The van der Waals surface area contributed by atoms with Gasteiger partial charge in [-0.2, -0.15) is 0 Å². The summed E-state index contributed by atoms with van der Waals surface area (Å²) >= 11 is 10.4. The average molecular weight is 399 g/mol. The Morgan fingerprint density at radius 1 is 1.27 bits per heavy atom. The van der Waals surface area contributed by atoms with Crippen LogP contribution in [-0.4, -0.2) is 10.6 Å². The number of hydrogen-bond acceptors (Lipinski definition) is 1. The van der Waals surface area contributed by atoms with Gasteiger partial charge in [-0.1, -0.05) is 60.8 Å². The predicted octanol–water partition coefficient (Wildman–Crippen LogP) is 4.67. The molecule has 0 saturated carbocycles. The zero-order valence-corrected chi connectivity index (χ0v) is 13.2. The van der Waals surface area contributed by atoms with Crippen molar-refractivity contribution < 1.29 is 4.79 Å². The first-order valence-corrected chi connectivity index (χ1v) is 7.03. The van der Waals surface area contributed by atoms with Crippen LogP contribution in [0, 0.1) is 0 Å². The molecule has 1 aromatic rings. The Bertz CT molecular complexity index is 356. The van der Waals surface area contributed by atoms with Crippen molar-refractivity contribution in [2.24, 2.45) is 0 Å². The van der Waals surface area contributed by atoms with Gasteiger partial charge in [-0.05, 0) is 24.6 Å². The third-order valence-corrected chi connectivity index (χ3v) is 5.10. The molecular formula is C11H11Br3O. The molecule has 0 aromatic heterocycles. The molecule has 0 saturated heterocycles. The van der Waals surface area contributed by atoms with Gasteiger partial charge in [-0.15, -0.1) is 0 Å². The van der Waals surface area contributed by atoms with Crippen molar-refractivity contribution in [1.29, 1.82) is 0 Å². The van der Waals surface area contributed by atoms with Crippen LogP contribution >= 0.6 is 47.8 Å². The molecule has 0 fully saturated rings. The first-order valence-electron chi connectivity index (χ1n) is 4.53. The lowest BCUT2D eigenvalue weighted by Gasteiger charge is -2.19. The molecule has 0 spiro atoms. The molecule has 0 aliphatic rings. The molecule has 0 aliphatic heterocycles. The van der Waals surface area contributed by atoms with Crippen LogP contribution in [0.3, 0.4) is 0 Å². The first kappa shape index (κ1) is 13.4. The van der Waals surface area contributed by atoms with E-state index in [1.165, 1.54) is 0 Å². The smallest absolute Gasteiger partial charge is 0.144 e. The van der Waals surface area contributed by atoms with Gasteiger partial charge >= 0.3 is 0 Å². The van der Waals surface area contributed by atoms with Crippen LogP contribution in [0.15, 0.2) is 27.1 Å². The van der Waals surface area contributed by atoms with Crippen LogP contribution in [0.5, 0.6) is 0 Å². The summed E-state index contributed by atoms with van der Waals surface area (Å²) in [6.07, 6.45) is 0. The van der Waals surface area contributed by atoms with E-state index in [2.05, 4.69) is 47.8 Å². The van der Waals surface area contributed by atoms with Crippen molar-refractivity contribution in [2.45, 2.75) is 24.6 Å². The number of hydrogen-bond donors (Lipinski definition) is 0. The van der Waals surface area contributed by atoms with Gasteiger partial charge < -0.3 is 0 Å². The Hall–Kier alpha value is 0.330. The lowest BCUT2D eigenvalue weighted by atomic mass is 9.96. The number of benzene rings is 1. The van der Waals surface area contributed by atoms with E-state index >= 15 is 0 Å². The van der Waals surface area contributed by atoms with Gasteiger partial charge in [0.05, 0.1) is 4.83 Å². The molecule has 0 bridgehead atoms. The van der Waals surface area contributed by atoms with E-state index in [1.54, 1.807) is 6.92 Å². The maximum atomic E-state index is 11.3. The van der Waals surface area contributed by atoms with Gasteiger partial charge in [0, 0.05) is 14.9 Å². The van der Waals surface area contributed by atoms with Gasteiger partial charge in [0.2, 0.25) is 0 Å². The Labute approximate surface area is 115 Å². The molecule has 82 valence electrons. The molecule has 2 atom stereocenters. The second-order valence-corrected chi connectivity index (χ2v) is 6.13. The summed E-state index contributed by atoms with van der Waals surface area (Å²) in [5, 5.41) is 0. The topological polar surface area (TPSA) is 17.1 Å². The summed E-state index contributed by atoms with van der Waals surface area (Å²) in [7, 11) is 0. The molecule has 4 heteroatoms. The lowest BCUT2D eigenvalue weighted by Crippen LogP contribution is -2.18. The normalized spacial score (nSPS) is 14.7. The Kier molecular flexibility index (Phi) is 5.00. The van der Waals surface area contributed by atoms with E-state index < -0.39 is 0 Å².